The second-order valence-corrected chi connectivity index (χ2v) is 9.88. The third-order valence-corrected chi connectivity index (χ3v) is 6.48. The minimum Gasteiger partial charge on any atom is -0.461 e. The highest BCUT2D eigenvalue weighted by atomic mass is 16.5. The van der Waals surface area contributed by atoms with Crippen molar-refractivity contribution in [1.29, 1.82) is 0 Å². The molecule has 0 aliphatic rings. The summed E-state index contributed by atoms with van der Waals surface area (Å²) in [5.74, 6) is 0.0432. The topological polar surface area (TPSA) is 59.8 Å². The molecule has 3 aromatic rings. The van der Waals surface area contributed by atoms with Crippen molar-refractivity contribution in [2.45, 2.75) is 79.2 Å². The van der Waals surface area contributed by atoms with Crippen molar-refractivity contribution in [3.63, 3.8) is 0 Å². The molecule has 0 atom stereocenters. The van der Waals surface area contributed by atoms with Gasteiger partial charge in [-0.05, 0) is 89.9 Å². The van der Waals surface area contributed by atoms with Crippen molar-refractivity contribution >= 4 is 22.7 Å². The molecule has 1 heterocycles. The normalized spacial score (nSPS) is 11.5. The molecule has 36 heavy (non-hydrogen) atoms. The number of carbonyl (C=O) groups is 2. The Morgan fingerprint density at radius 2 is 1.50 bits per heavy atom. The summed E-state index contributed by atoms with van der Waals surface area (Å²) in [7, 11) is 0. The van der Waals surface area contributed by atoms with E-state index in [0.29, 0.717) is 33.4 Å². The van der Waals surface area contributed by atoms with Crippen LogP contribution >= 0.6 is 0 Å². The molecule has 5 nitrogen and oxygen atoms in total. The van der Waals surface area contributed by atoms with Gasteiger partial charge in [-0.15, -0.1) is 0 Å². The van der Waals surface area contributed by atoms with Gasteiger partial charge >= 0.3 is 5.97 Å². The predicted octanol–water partition coefficient (Wildman–Crippen LogP) is 7.37. The first-order chi connectivity index (χ1) is 17.3. The Hall–Kier alpha value is -2.92. The van der Waals surface area contributed by atoms with Gasteiger partial charge in [0.05, 0.1) is 17.2 Å². The highest BCUT2D eigenvalue weighted by Gasteiger charge is 2.21. The number of fused-ring (bicyclic) bond motifs is 1. The van der Waals surface area contributed by atoms with Crippen LogP contribution in [0.25, 0.3) is 11.0 Å². The highest BCUT2D eigenvalue weighted by Crippen LogP contribution is 2.29. The molecule has 0 radical (unpaired) electrons. The SMILES string of the molecule is CCCCN(CCCC)CCCc1ccc(C(=O)c2c(C)oc3ccc(C(=O)OC(C)C)cc23)cc1. The van der Waals surface area contributed by atoms with Crippen LogP contribution in [-0.4, -0.2) is 42.4 Å². The van der Waals surface area contributed by atoms with E-state index in [0.717, 1.165) is 19.4 Å². The number of hydrogen-bond acceptors (Lipinski definition) is 5. The summed E-state index contributed by atoms with van der Waals surface area (Å²) in [6, 6.07) is 13.0. The minimum absolute atomic E-state index is 0.0996. The number of carbonyl (C=O) groups excluding carboxylic acids is 2. The van der Waals surface area contributed by atoms with E-state index >= 15 is 0 Å². The van der Waals surface area contributed by atoms with Gasteiger partial charge in [0.1, 0.15) is 11.3 Å². The molecular weight excluding hydrogens is 450 g/mol. The first-order valence-corrected chi connectivity index (χ1v) is 13.4. The van der Waals surface area contributed by atoms with Crippen LogP contribution in [0, 0.1) is 6.92 Å². The van der Waals surface area contributed by atoms with Gasteiger partial charge in [0.15, 0.2) is 5.78 Å². The largest absolute Gasteiger partial charge is 0.461 e. The quantitative estimate of drug-likeness (QED) is 0.174. The van der Waals surface area contributed by atoms with Crippen LogP contribution < -0.4 is 0 Å². The van der Waals surface area contributed by atoms with E-state index in [2.05, 4.69) is 30.9 Å². The zero-order valence-corrected chi connectivity index (χ0v) is 22.6. The Balaban J connectivity index is 1.70. The van der Waals surface area contributed by atoms with Crippen molar-refractivity contribution in [1.82, 2.24) is 4.90 Å². The Morgan fingerprint density at radius 1 is 0.889 bits per heavy atom. The standard InChI is InChI=1S/C31H41NO4/c1-6-8-18-32(19-9-7-2)20-10-11-24-12-14-25(15-13-24)30(33)29-23(5)36-28-17-16-26(21-27(28)29)31(34)35-22(3)4/h12-17,21-22H,6-11,18-20H2,1-5H3. The number of rotatable bonds is 14. The lowest BCUT2D eigenvalue weighted by atomic mass is 9.98. The summed E-state index contributed by atoms with van der Waals surface area (Å²) in [6.45, 7) is 13.4. The summed E-state index contributed by atoms with van der Waals surface area (Å²) in [6.07, 6.45) is 6.86. The number of ether oxygens (including phenoxy) is 1. The summed E-state index contributed by atoms with van der Waals surface area (Å²) in [5.41, 5.74) is 3.36. The molecule has 0 amide bonds. The average molecular weight is 492 g/mol. The zero-order chi connectivity index (χ0) is 26.1. The number of nitrogens with zero attached hydrogens (tertiary/aromatic N) is 1. The van der Waals surface area contributed by atoms with E-state index in [9.17, 15) is 9.59 Å². The van der Waals surface area contributed by atoms with Gasteiger partial charge in [0, 0.05) is 10.9 Å². The molecule has 0 aliphatic heterocycles. The molecule has 0 spiro atoms. The molecule has 2 aromatic carbocycles. The minimum atomic E-state index is -0.406. The van der Waals surface area contributed by atoms with E-state index in [1.165, 1.54) is 44.3 Å². The highest BCUT2D eigenvalue weighted by molar-refractivity contribution is 6.17. The maximum atomic E-state index is 13.4. The fourth-order valence-electron chi connectivity index (χ4n) is 4.48. The molecule has 0 unspecified atom stereocenters. The molecule has 3 rings (SSSR count). The Morgan fingerprint density at radius 3 is 2.11 bits per heavy atom. The van der Waals surface area contributed by atoms with Crippen molar-refractivity contribution in [2.24, 2.45) is 0 Å². The Kier molecular flexibility index (Phi) is 10.3. The third kappa shape index (κ3) is 7.30. The maximum Gasteiger partial charge on any atom is 0.338 e. The summed E-state index contributed by atoms with van der Waals surface area (Å²) in [5, 5.41) is 0.638. The van der Waals surface area contributed by atoms with Gasteiger partial charge in [0.2, 0.25) is 0 Å². The molecule has 0 saturated heterocycles. The number of furan rings is 1. The molecule has 194 valence electrons. The summed E-state index contributed by atoms with van der Waals surface area (Å²) in [4.78, 5) is 28.4. The van der Waals surface area contributed by atoms with Crippen LogP contribution in [-0.2, 0) is 11.2 Å². The first-order valence-electron chi connectivity index (χ1n) is 13.4. The summed E-state index contributed by atoms with van der Waals surface area (Å²) < 4.78 is 11.2. The molecule has 0 bridgehead atoms. The molecule has 1 aromatic heterocycles. The zero-order valence-electron chi connectivity index (χ0n) is 22.6. The van der Waals surface area contributed by atoms with E-state index < -0.39 is 5.97 Å². The van der Waals surface area contributed by atoms with Gasteiger partial charge in [-0.1, -0.05) is 51.0 Å². The number of hydrogen-bond donors (Lipinski definition) is 0. The fraction of sp³-hybridized carbons (Fsp3) is 0.484. The molecule has 0 fully saturated rings. The molecule has 0 saturated carbocycles. The Labute approximate surface area is 215 Å². The van der Waals surface area contributed by atoms with Crippen molar-refractivity contribution in [3.8, 4) is 0 Å². The van der Waals surface area contributed by atoms with Gasteiger partial charge < -0.3 is 14.1 Å². The molecular formula is C31H41NO4. The Bertz CT molecular complexity index is 1140. The predicted molar refractivity (Wildman–Crippen MR) is 146 cm³/mol. The van der Waals surface area contributed by atoms with Crippen LogP contribution in [0.4, 0.5) is 0 Å². The molecule has 0 N–H and O–H groups in total. The van der Waals surface area contributed by atoms with Gasteiger partial charge in [0.25, 0.3) is 0 Å². The lowest BCUT2D eigenvalue weighted by Crippen LogP contribution is -2.27. The smallest absolute Gasteiger partial charge is 0.338 e. The second-order valence-electron chi connectivity index (χ2n) is 9.88. The van der Waals surface area contributed by atoms with Crippen molar-refractivity contribution in [3.05, 3.63) is 70.5 Å². The van der Waals surface area contributed by atoms with E-state index in [1.54, 1.807) is 25.1 Å². The molecule has 0 aliphatic carbocycles. The van der Waals surface area contributed by atoms with Crippen molar-refractivity contribution < 1.29 is 18.7 Å². The number of aryl methyl sites for hydroxylation is 2. The second kappa shape index (κ2) is 13.4. The van der Waals surface area contributed by atoms with Crippen LogP contribution in [0.15, 0.2) is 46.9 Å². The van der Waals surface area contributed by atoms with Crippen molar-refractivity contribution in [2.75, 3.05) is 19.6 Å². The fourth-order valence-corrected chi connectivity index (χ4v) is 4.48. The maximum absolute atomic E-state index is 13.4. The number of esters is 1. The van der Waals surface area contributed by atoms with Crippen LogP contribution in [0.3, 0.4) is 0 Å². The van der Waals surface area contributed by atoms with E-state index in [-0.39, 0.29) is 11.9 Å². The van der Waals surface area contributed by atoms with Crippen LogP contribution in [0.1, 0.15) is 97.4 Å². The van der Waals surface area contributed by atoms with Crippen LogP contribution in [0.2, 0.25) is 0 Å². The monoisotopic (exact) mass is 491 g/mol. The van der Waals surface area contributed by atoms with Gasteiger partial charge in [-0.25, -0.2) is 4.79 Å². The summed E-state index contributed by atoms with van der Waals surface area (Å²) >= 11 is 0. The number of unbranched alkanes of at least 4 members (excludes halogenated alkanes) is 2. The number of benzene rings is 2. The van der Waals surface area contributed by atoms with E-state index in [1.807, 2.05) is 26.0 Å². The van der Waals surface area contributed by atoms with E-state index in [4.69, 9.17) is 9.15 Å². The lowest BCUT2D eigenvalue weighted by Gasteiger charge is -2.21. The molecule has 5 heteroatoms. The third-order valence-electron chi connectivity index (χ3n) is 6.48. The van der Waals surface area contributed by atoms with Gasteiger partial charge in [-0.3, -0.25) is 4.79 Å². The first kappa shape index (κ1) is 27.7. The van der Waals surface area contributed by atoms with Gasteiger partial charge in [-0.2, -0.15) is 0 Å². The van der Waals surface area contributed by atoms with Crippen LogP contribution in [0.5, 0.6) is 0 Å². The lowest BCUT2D eigenvalue weighted by molar-refractivity contribution is 0.0378. The number of ketones is 1. The average Bonchev–Trinajstić information content (AvgIpc) is 3.19.